The molecule has 0 radical (unpaired) electrons. The molecule has 1 aromatic carbocycles. The molecule has 0 aliphatic carbocycles. The van der Waals surface area contributed by atoms with E-state index in [2.05, 4.69) is 14.8 Å². The molecule has 0 saturated heterocycles. The van der Waals surface area contributed by atoms with Gasteiger partial charge in [-0.3, -0.25) is 0 Å². The summed E-state index contributed by atoms with van der Waals surface area (Å²) >= 11 is 10.8. The van der Waals surface area contributed by atoms with Gasteiger partial charge in [0, 0.05) is 12.6 Å². The second kappa shape index (κ2) is 5.35. The monoisotopic (exact) mass is 331 g/mol. The molecule has 7 nitrogen and oxygen atoms in total. The summed E-state index contributed by atoms with van der Waals surface area (Å²) in [6.07, 6.45) is 1.23. The predicted molar refractivity (Wildman–Crippen MR) is 79.2 cm³/mol. The number of aryl methyl sites for hydroxylation is 1. The van der Waals surface area contributed by atoms with Crippen molar-refractivity contribution in [2.75, 3.05) is 4.72 Å². The fourth-order valence-electron chi connectivity index (χ4n) is 1.44. The zero-order chi connectivity index (χ0) is 14.9. The number of halogens is 1. The Balaban J connectivity index is 2.40. The first-order valence-electron chi connectivity index (χ1n) is 5.27. The van der Waals surface area contributed by atoms with Gasteiger partial charge in [0.05, 0.1) is 5.02 Å². The molecule has 3 N–H and O–H groups in total. The molecular weight excluding hydrogens is 322 g/mol. The maximum Gasteiger partial charge on any atom is 0.265 e. The Morgan fingerprint density at radius 1 is 1.50 bits per heavy atom. The summed E-state index contributed by atoms with van der Waals surface area (Å²) in [5.74, 6) is 0.0829. The summed E-state index contributed by atoms with van der Waals surface area (Å²) < 4.78 is 28.0. The number of rotatable bonds is 4. The predicted octanol–water partition coefficient (Wildman–Crippen LogP) is 0.903. The third-order valence-electron chi connectivity index (χ3n) is 2.44. The van der Waals surface area contributed by atoms with Crippen LogP contribution < -0.4 is 10.5 Å². The lowest BCUT2D eigenvalue weighted by molar-refractivity contribution is 0.600. The van der Waals surface area contributed by atoms with Gasteiger partial charge in [-0.1, -0.05) is 29.9 Å². The summed E-state index contributed by atoms with van der Waals surface area (Å²) in [7, 11) is -2.31. The Hall–Kier alpha value is -1.71. The molecule has 0 unspecified atom stereocenters. The Morgan fingerprint density at radius 3 is 2.70 bits per heavy atom. The Labute approximate surface area is 125 Å². The van der Waals surface area contributed by atoms with Gasteiger partial charge < -0.3 is 5.73 Å². The van der Waals surface area contributed by atoms with Crippen molar-refractivity contribution >= 4 is 44.8 Å². The molecule has 20 heavy (non-hydrogen) atoms. The highest BCUT2D eigenvalue weighted by molar-refractivity contribution is 7.92. The Bertz CT molecular complexity index is 772. The molecule has 0 saturated carbocycles. The molecule has 2 aromatic rings. The topological polar surface area (TPSA) is 103 Å². The lowest BCUT2D eigenvalue weighted by Gasteiger charge is -2.09. The molecule has 106 valence electrons. The van der Waals surface area contributed by atoms with Crippen molar-refractivity contribution < 1.29 is 8.42 Å². The number of aromatic nitrogens is 3. The Kier molecular flexibility index (Phi) is 3.93. The van der Waals surface area contributed by atoms with Crippen molar-refractivity contribution in [3.8, 4) is 0 Å². The fraction of sp³-hybridized carbons (Fsp3) is 0.100. The lowest BCUT2D eigenvalue weighted by Crippen LogP contribution is -2.17. The van der Waals surface area contributed by atoms with E-state index in [1.165, 1.54) is 29.2 Å². The van der Waals surface area contributed by atoms with Crippen molar-refractivity contribution in [2.24, 2.45) is 12.8 Å². The average Bonchev–Trinajstić information content (AvgIpc) is 2.73. The third kappa shape index (κ3) is 2.89. The van der Waals surface area contributed by atoms with Crippen LogP contribution in [0.2, 0.25) is 5.02 Å². The zero-order valence-corrected chi connectivity index (χ0v) is 12.6. The number of nitrogens with zero attached hydrogens (tertiary/aromatic N) is 3. The van der Waals surface area contributed by atoms with Gasteiger partial charge >= 0.3 is 0 Å². The molecule has 2 rings (SSSR count). The van der Waals surface area contributed by atoms with Gasteiger partial charge in [0.1, 0.15) is 16.2 Å². The highest BCUT2D eigenvalue weighted by Gasteiger charge is 2.20. The summed E-state index contributed by atoms with van der Waals surface area (Å²) in [4.78, 5) is 3.82. The third-order valence-corrected chi connectivity index (χ3v) is 4.49. The summed E-state index contributed by atoms with van der Waals surface area (Å²) in [6.45, 7) is 0. The number of thiocarbonyl (C=S) groups is 1. The van der Waals surface area contributed by atoms with Crippen molar-refractivity contribution in [3.63, 3.8) is 0 Å². The van der Waals surface area contributed by atoms with E-state index in [0.717, 1.165) is 0 Å². The minimum Gasteiger partial charge on any atom is -0.389 e. The molecule has 1 heterocycles. The Morgan fingerprint density at radius 2 is 2.20 bits per heavy atom. The van der Waals surface area contributed by atoms with E-state index in [1.807, 2.05) is 0 Å². The van der Waals surface area contributed by atoms with Crippen LogP contribution in [-0.4, -0.2) is 28.2 Å². The van der Waals surface area contributed by atoms with Gasteiger partial charge in [-0.25, -0.2) is 17.8 Å². The average molecular weight is 332 g/mol. The smallest absolute Gasteiger partial charge is 0.265 e. The van der Waals surface area contributed by atoms with Crippen molar-refractivity contribution in [1.29, 1.82) is 0 Å². The number of nitrogens with two attached hydrogens (primary N) is 1. The van der Waals surface area contributed by atoms with Crippen LogP contribution >= 0.6 is 23.8 Å². The molecule has 0 aliphatic heterocycles. The summed E-state index contributed by atoms with van der Waals surface area (Å²) in [5.41, 5.74) is 5.95. The quantitative estimate of drug-likeness (QED) is 0.807. The minimum atomic E-state index is -3.87. The first kappa shape index (κ1) is 14.7. The van der Waals surface area contributed by atoms with Crippen LogP contribution in [0.3, 0.4) is 0 Å². The van der Waals surface area contributed by atoms with Crippen LogP contribution in [-0.2, 0) is 17.1 Å². The first-order valence-corrected chi connectivity index (χ1v) is 7.54. The van der Waals surface area contributed by atoms with Crippen molar-refractivity contribution in [1.82, 2.24) is 14.8 Å². The molecule has 10 heteroatoms. The molecule has 0 bridgehead atoms. The summed E-state index contributed by atoms with van der Waals surface area (Å²) in [6, 6.07) is 4.21. The lowest BCUT2D eigenvalue weighted by atomic mass is 10.2. The van der Waals surface area contributed by atoms with E-state index in [0.29, 0.717) is 5.56 Å². The molecule has 0 aliphatic rings. The maximum absolute atomic E-state index is 12.2. The molecule has 0 atom stereocenters. The molecule has 1 aromatic heterocycles. The van der Waals surface area contributed by atoms with E-state index in [4.69, 9.17) is 29.6 Å². The van der Waals surface area contributed by atoms with Crippen LogP contribution in [0.25, 0.3) is 0 Å². The van der Waals surface area contributed by atoms with E-state index < -0.39 is 10.0 Å². The van der Waals surface area contributed by atoms with E-state index in [-0.39, 0.29) is 20.9 Å². The number of nitrogens with one attached hydrogen (secondary N) is 1. The van der Waals surface area contributed by atoms with E-state index in [9.17, 15) is 8.42 Å². The van der Waals surface area contributed by atoms with Gasteiger partial charge in [-0.2, -0.15) is 10.1 Å². The van der Waals surface area contributed by atoms with Gasteiger partial charge in [0.15, 0.2) is 0 Å². The van der Waals surface area contributed by atoms with Gasteiger partial charge in [-0.05, 0) is 12.1 Å². The van der Waals surface area contributed by atoms with Crippen molar-refractivity contribution in [2.45, 2.75) is 4.90 Å². The first-order chi connectivity index (χ1) is 9.31. The van der Waals surface area contributed by atoms with Crippen LogP contribution in [0, 0.1) is 0 Å². The number of anilines is 1. The zero-order valence-electron chi connectivity index (χ0n) is 10.2. The van der Waals surface area contributed by atoms with Crippen LogP contribution in [0.1, 0.15) is 5.56 Å². The number of sulfonamides is 1. The molecule has 0 amide bonds. The molecular formula is C10H10ClN5O2S2. The van der Waals surface area contributed by atoms with Crippen LogP contribution in [0.15, 0.2) is 29.4 Å². The second-order valence-corrected chi connectivity index (χ2v) is 6.32. The van der Waals surface area contributed by atoms with Gasteiger partial charge in [-0.15, -0.1) is 0 Å². The normalized spacial score (nSPS) is 11.3. The molecule has 0 spiro atoms. The van der Waals surface area contributed by atoms with E-state index in [1.54, 1.807) is 7.05 Å². The SMILES string of the molecule is Cn1ncnc1NS(=O)(=O)c1ccc(C(N)=S)cc1Cl. The molecule has 0 fully saturated rings. The van der Waals surface area contributed by atoms with Gasteiger partial charge in [0.25, 0.3) is 10.0 Å². The largest absolute Gasteiger partial charge is 0.389 e. The number of hydrogen-bond donors (Lipinski definition) is 2. The van der Waals surface area contributed by atoms with Crippen LogP contribution in [0.4, 0.5) is 5.95 Å². The second-order valence-electron chi connectivity index (χ2n) is 3.82. The minimum absolute atomic E-state index is 0.0185. The summed E-state index contributed by atoms with van der Waals surface area (Å²) in [5, 5.41) is 3.78. The van der Waals surface area contributed by atoms with Crippen LogP contribution in [0.5, 0.6) is 0 Å². The standard InChI is InChI=1S/C10H10ClN5O2S2/c1-16-10(13-5-14-16)15-20(17,18)8-3-2-6(9(12)19)4-7(8)11/h2-5H,1H3,(H2,12,19)(H,13,14,15). The number of hydrogen-bond acceptors (Lipinski definition) is 5. The van der Waals surface area contributed by atoms with E-state index >= 15 is 0 Å². The van der Waals surface area contributed by atoms with Crippen molar-refractivity contribution in [3.05, 3.63) is 35.1 Å². The highest BCUT2D eigenvalue weighted by atomic mass is 35.5. The number of benzene rings is 1. The fourth-order valence-corrected chi connectivity index (χ4v) is 3.15. The van der Waals surface area contributed by atoms with Gasteiger partial charge in [0.2, 0.25) is 5.95 Å². The maximum atomic E-state index is 12.2. The highest BCUT2D eigenvalue weighted by Crippen LogP contribution is 2.24.